The Bertz CT molecular complexity index is 552. The molecule has 0 spiro atoms. The molecule has 0 saturated heterocycles. The summed E-state index contributed by atoms with van der Waals surface area (Å²) in [4.78, 5) is 0. The third-order valence-corrected chi connectivity index (χ3v) is 5.13. The second kappa shape index (κ2) is 5.10. The Morgan fingerprint density at radius 2 is 1.33 bits per heavy atom. The number of anilines is 2. The summed E-state index contributed by atoms with van der Waals surface area (Å²) >= 11 is 0. The molecule has 2 fully saturated rings. The van der Waals surface area contributed by atoms with Crippen molar-refractivity contribution >= 4 is 11.4 Å². The molecular formula is C19H22N2. The van der Waals surface area contributed by atoms with Crippen molar-refractivity contribution < 1.29 is 0 Å². The Kier molecular flexibility index (Phi) is 3.10. The number of para-hydroxylation sites is 2. The van der Waals surface area contributed by atoms with Crippen molar-refractivity contribution in [3.8, 4) is 0 Å². The SMILES string of the molecule is c1ccc(NC2(Nc3ccccc3)CC3CCC2C3)cc1. The van der Waals surface area contributed by atoms with Crippen LogP contribution in [0.25, 0.3) is 0 Å². The Labute approximate surface area is 126 Å². The zero-order valence-corrected chi connectivity index (χ0v) is 12.3. The fourth-order valence-corrected chi connectivity index (χ4v) is 4.23. The summed E-state index contributed by atoms with van der Waals surface area (Å²) < 4.78 is 0. The van der Waals surface area contributed by atoms with E-state index < -0.39 is 0 Å². The van der Waals surface area contributed by atoms with E-state index in [0.29, 0.717) is 0 Å². The van der Waals surface area contributed by atoms with E-state index >= 15 is 0 Å². The van der Waals surface area contributed by atoms with Gasteiger partial charge in [0.05, 0.1) is 0 Å². The highest BCUT2D eigenvalue weighted by Crippen LogP contribution is 2.52. The van der Waals surface area contributed by atoms with Crippen LogP contribution in [0.5, 0.6) is 0 Å². The number of benzene rings is 2. The molecule has 2 aliphatic carbocycles. The zero-order chi connectivity index (χ0) is 14.1. The summed E-state index contributed by atoms with van der Waals surface area (Å²) in [6, 6.07) is 21.2. The van der Waals surface area contributed by atoms with Crippen LogP contribution in [0.2, 0.25) is 0 Å². The van der Waals surface area contributed by atoms with E-state index in [-0.39, 0.29) is 5.66 Å². The van der Waals surface area contributed by atoms with Gasteiger partial charge in [-0.2, -0.15) is 0 Å². The molecule has 2 heteroatoms. The molecule has 0 heterocycles. The Balaban J connectivity index is 1.64. The summed E-state index contributed by atoms with van der Waals surface area (Å²) in [6.45, 7) is 0. The van der Waals surface area contributed by atoms with E-state index in [1.807, 2.05) is 0 Å². The van der Waals surface area contributed by atoms with Crippen LogP contribution in [0.3, 0.4) is 0 Å². The van der Waals surface area contributed by atoms with Crippen molar-refractivity contribution in [2.75, 3.05) is 10.6 Å². The highest BCUT2D eigenvalue weighted by molar-refractivity contribution is 5.53. The molecule has 2 aromatic rings. The fourth-order valence-electron chi connectivity index (χ4n) is 4.23. The Morgan fingerprint density at radius 3 is 1.76 bits per heavy atom. The number of rotatable bonds is 4. The van der Waals surface area contributed by atoms with Crippen LogP contribution in [0.15, 0.2) is 60.7 Å². The standard InChI is InChI=1S/C19H22N2/c1-3-7-17(8-4-1)20-19(14-15-11-12-16(19)13-15)21-18-9-5-2-6-10-18/h1-10,15-16,20-21H,11-14H2. The lowest BCUT2D eigenvalue weighted by Crippen LogP contribution is -2.50. The molecule has 0 radical (unpaired) electrons. The van der Waals surface area contributed by atoms with Gasteiger partial charge in [0.15, 0.2) is 0 Å². The van der Waals surface area contributed by atoms with E-state index in [0.717, 1.165) is 11.8 Å². The predicted octanol–water partition coefficient (Wildman–Crippen LogP) is 4.73. The van der Waals surface area contributed by atoms with Crippen molar-refractivity contribution in [3.05, 3.63) is 60.7 Å². The first kappa shape index (κ1) is 12.8. The largest absolute Gasteiger partial charge is 0.363 e. The zero-order valence-electron chi connectivity index (χ0n) is 12.3. The monoisotopic (exact) mass is 278 g/mol. The summed E-state index contributed by atoms with van der Waals surface area (Å²) in [7, 11) is 0. The van der Waals surface area contributed by atoms with Crippen LogP contribution in [0.4, 0.5) is 11.4 Å². The van der Waals surface area contributed by atoms with Crippen molar-refractivity contribution in [1.29, 1.82) is 0 Å². The molecule has 4 rings (SSSR count). The van der Waals surface area contributed by atoms with E-state index in [9.17, 15) is 0 Å². The molecule has 0 aromatic heterocycles. The number of hydrogen-bond acceptors (Lipinski definition) is 2. The minimum atomic E-state index is 0.0195. The van der Waals surface area contributed by atoms with Crippen LogP contribution in [-0.2, 0) is 0 Å². The van der Waals surface area contributed by atoms with Gasteiger partial charge in [-0.3, -0.25) is 0 Å². The molecule has 0 aliphatic heterocycles. The third kappa shape index (κ3) is 2.39. The van der Waals surface area contributed by atoms with Crippen LogP contribution < -0.4 is 10.6 Å². The maximum atomic E-state index is 3.82. The number of nitrogens with one attached hydrogen (secondary N) is 2. The lowest BCUT2D eigenvalue weighted by atomic mass is 9.87. The predicted molar refractivity (Wildman–Crippen MR) is 88.3 cm³/mol. The maximum Gasteiger partial charge on any atom is 0.111 e. The average molecular weight is 278 g/mol. The lowest BCUT2D eigenvalue weighted by Gasteiger charge is -2.41. The third-order valence-electron chi connectivity index (χ3n) is 5.13. The van der Waals surface area contributed by atoms with E-state index in [2.05, 4.69) is 71.3 Å². The van der Waals surface area contributed by atoms with Gasteiger partial charge in [-0.15, -0.1) is 0 Å². The van der Waals surface area contributed by atoms with E-state index in [1.165, 1.54) is 37.1 Å². The summed E-state index contributed by atoms with van der Waals surface area (Å²) in [6.07, 6.45) is 5.32. The van der Waals surface area contributed by atoms with E-state index in [1.54, 1.807) is 0 Å². The Hall–Kier alpha value is -1.96. The molecule has 2 atom stereocenters. The summed E-state index contributed by atoms with van der Waals surface area (Å²) in [5.74, 6) is 1.60. The van der Waals surface area contributed by atoms with Gasteiger partial charge in [-0.1, -0.05) is 36.4 Å². The second-order valence-electron chi connectivity index (χ2n) is 6.53. The van der Waals surface area contributed by atoms with Gasteiger partial charge in [0, 0.05) is 17.3 Å². The molecule has 2 unspecified atom stereocenters. The van der Waals surface area contributed by atoms with Gasteiger partial charge >= 0.3 is 0 Å². The number of hydrogen-bond donors (Lipinski definition) is 2. The molecule has 2 bridgehead atoms. The first-order valence-corrected chi connectivity index (χ1v) is 8.00. The van der Waals surface area contributed by atoms with Crippen LogP contribution in [0, 0.1) is 11.8 Å². The van der Waals surface area contributed by atoms with Gasteiger partial charge in [-0.05, 0) is 55.9 Å². The van der Waals surface area contributed by atoms with Gasteiger partial charge in [0.25, 0.3) is 0 Å². The quantitative estimate of drug-likeness (QED) is 0.790. The fraction of sp³-hybridized carbons (Fsp3) is 0.368. The first-order valence-electron chi connectivity index (χ1n) is 8.00. The lowest BCUT2D eigenvalue weighted by molar-refractivity contribution is 0.335. The molecule has 2 saturated carbocycles. The van der Waals surface area contributed by atoms with Gasteiger partial charge < -0.3 is 10.6 Å². The molecule has 2 N–H and O–H groups in total. The van der Waals surface area contributed by atoms with E-state index in [4.69, 9.17) is 0 Å². The normalized spacial score (nSPS) is 25.7. The van der Waals surface area contributed by atoms with Crippen molar-refractivity contribution in [1.82, 2.24) is 0 Å². The Morgan fingerprint density at radius 1 is 0.762 bits per heavy atom. The molecule has 0 amide bonds. The minimum absolute atomic E-state index is 0.0195. The molecule has 108 valence electrons. The van der Waals surface area contributed by atoms with Crippen LogP contribution >= 0.6 is 0 Å². The van der Waals surface area contributed by atoms with Gasteiger partial charge in [0.1, 0.15) is 5.66 Å². The van der Waals surface area contributed by atoms with Crippen molar-refractivity contribution in [2.24, 2.45) is 11.8 Å². The highest BCUT2D eigenvalue weighted by atomic mass is 15.2. The topological polar surface area (TPSA) is 24.1 Å². The minimum Gasteiger partial charge on any atom is -0.363 e. The summed E-state index contributed by atoms with van der Waals surface area (Å²) in [5.41, 5.74) is 2.45. The average Bonchev–Trinajstić information content (AvgIpc) is 3.10. The van der Waals surface area contributed by atoms with Gasteiger partial charge in [0.2, 0.25) is 0 Å². The summed E-state index contributed by atoms with van der Waals surface area (Å²) in [5, 5.41) is 7.65. The molecule has 21 heavy (non-hydrogen) atoms. The molecule has 2 nitrogen and oxygen atoms in total. The highest BCUT2D eigenvalue weighted by Gasteiger charge is 2.51. The first-order chi connectivity index (χ1) is 10.3. The van der Waals surface area contributed by atoms with Crippen molar-refractivity contribution in [3.63, 3.8) is 0 Å². The number of fused-ring (bicyclic) bond motifs is 2. The van der Waals surface area contributed by atoms with Crippen molar-refractivity contribution in [2.45, 2.75) is 31.3 Å². The van der Waals surface area contributed by atoms with Crippen LogP contribution in [0.1, 0.15) is 25.7 Å². The molecule has 2 aliphatic rings. The maximum absolute atomic E-state index is 3.82. The van der Waals surface area contributed by atoms with Crippen LogP contribution in [-0.4, -0.2) is 5.66 Å². The molecule has 2 aromatic carbocycles. The molecular weight excluding hydrogens is 256 g/mol. The second-order valence-corrected chi connectivity index (χ2v) is 6.53. The smallest absolute Gasteiger partial charge is 0.111 e. The van der Waals surface area contributed by atoms with Gasteiger partial charge in [-0.25, -0.2) is 0 Å².